The minimum Gasteiger partial charge on any atom is -0.370 e. The first-order chi connectivity index (χ1) is 9.02. The summed E-state index contributed by atoms with van der Waals surface area (Å²) in [5.74, 6) is 0.643. The van der Waals surface area contributed by atoms with E-state index in [1.165, 1.54) is 12.5 Å². The van der Waals surface area contributed by atoms with E-state index in [1.54, 1.807) is 6.07 Å². The molecule has 0 N–H and O–H groups in total. The normalized spacial score (nSPS) is 19.5. The molecule has 5 heteroatoms. The van der Waals surface area contributed by atoms with Gasteiger partial charge in [-0.05, 0) is 30.7 Å². The van der Waals surface area contributed by atoms with Crippen LogP contribution in [0.4, 0.5) is 11.4 Å². The van der Waals surface area contributed by atoms with Gasteiger partial charge in [0.2, 0.25) is 0 Å². The maximum atomic E-state index is 10.9. The molecule has 1 aliphatic heterocycles. The number of aryl methyl sites for hydroxylation is 1. The SMILES string of the molecule is CCc1cc([N+](=O)[O-])cc(Cl)c1N1CCC[C@H](C)C1. The molecule has 1 fully saturated rings. The molecule has 0 aromatic heterocycles. The van der Waals surface area contributed by atoms with Gasteiger partial charge in [0.1, 0.15) is 0 Å². The molecule has 0 aliphatic carbocycles. The van der Waals surface area contributed by atoms with Gasteiger partial charge in [0.05, 0.1) is 15.6 Å². The molecule has 1 aromatic rings. The molecular weight excluding hydrogens is 264 g/mol. The predicted molar refractivity (Wildman–Crippen MR) is 78.1 cm³/mol. The first-order valence-corrected chi connectivity index (χ1v) is 7.12. The van der Waals surface area contributed by atoms with E-state index in [4.69, 9.17) is 11.6 Å². The standard InChI is InChI=1S/C14H19ClN2O2/c1-3-11-7-12(17(18)19)8-13(15)14(11)16-6-4-5-10(2)9-16/h7-8,10H,3-6,9H2,1-2H3/t10-/m0/s1. The number of anilines is 1. The van der Waals surface area contributed by atoms with Crippen LogP contribution < -0.4 is 4.90 Å². The summed E-state index contributed by atoms with van der Waals surface area (Å²) in [6, 6.07) is 3.12. The molecule has 0 bridgehead atoms. The lowest BCUT2D eigenvalue weighted by atomic mass is 9.98. The summed E-state index contributed by atoms with van der Waals surface area (Å²) in [6.45, 7) is 6.20. The zero-order valence-electron chi connectivity index (χ0n) is 11.4. The number of non-ortho nitro benzene ring substituents is 1. The van der Waals surface area contributed by atoms with E-state index in [0.29, 0.717) is 10.9 Å². The quantitative estimate of drug-likeness (QED) is 0.621. The molecule has 1 aliphatic rings. The number of halogens is 1. The Morgan fingerprint density at radius 2 is 2.26 bits per heavy atom. The Kier molecular flexibility index (Phi) is 4.30. The molecule has 4 nitrogen and oxygen atoms in total. The summed E-state index contributed by atoms with van der Waals surface area (Å²) in [5.41, 5.74) is 2.03. The van der Waals surface area contributed by atoms with Crippen molar-refractivity contribution in [1.82, 2.24) is 0 Å². The third-order valence-electron chi connectivity index (χ3n) is 3.69. The Balaban J connectivity index is 2.41. The van der Waals surface area contributed by atoms with Crippen molar-refractivity contribution in [2.45, 2.75) is 33.1 Å². The largest absolute Gasteiger partial charge is 0.370 e. The van der Waals surface area contributed by atoms with Crippen LogP contribution in [-0.4, -0.2) is 18.0 Å². The van der Waals surface area contributed by atoms with E-state index >= 15 is 0 Å². The van der Waals surface area contributed by atoms with Crippen LogP contribution in [0.25, 0.3) is 0 Å². The van der Waals surface area contributed by atoms with Gasteiger partial charge in [-0.15, -0.1) is 0 Å². The summed E-state index contributed by atoms with van der Waals surface area (Å²) < 4.78 is 0. The molecule has 0 radical (unpaired) electrons. The van der Waals surface area contributed by atoms with Crippen molar-refractivity contribution in [3.63, 3.8) is 0 Å². The number of hydrogen-bond acceptors (Lipinski definition) is 3. The van der Waals surface area contributed by atoms with Crippen LogP contribution >= 0.6 is 11.6 Å². The first-order valence-electron chi connectivity index (χ1n) is 6.74. The summed E-state index contributed by atoms with van der Waals surface area (Å²) in [6.07, 6.45) is 3.14. The Morgan fingerprint density at radius 3 is 2.84 bits per heavy atom. The maximum Gasteiger partial charge on any atom is 0.271 e. The fourth-order valence-corrected chi connectivity index (χ4v) is 3.11. The van der Waals surface area contributed by atoms with Gasteiger partial charge in [-0.3, -0.25) is 10.1 Å². The summed E-state index contributed by atoms with van der Waals surface area (Å²) in [5, 5.41) is 11.4. The lowest BCUT2D eigenvalue weighted by Crippen LogP contribution is -2.35. The second-order valence-electron chi connectivity index (χ2n) is 5.24. The average molecular weight is 283 g/mol. The van der Waals surface area contributed by atoms with Crippen molar-refractivity contribution in [2.24, 2.45) is 5.92 Å². The lowest BCUT2D eigenvalue weighted by Gasteiger charge is -2.34. The summed E-state index contributed by atoms with van der Waals surface area (Å²) in [7, 11) is 0. The van der Waals surface area contributed by atoms with Crippen molar-refractivity contribution in [3.05, 3.63) is 32.8 Å². The van der Waals surface area contributed by atoms with E-state index in [9.17, 15) is 10.1 Å². The topological polar surface area (TPSA) is 46.4 Å². The zero-order chi connectivity index (χ0) is 14.0. The highest BCUT2D eigenvalue weighted by molar-refractivity contribution is 6.33. The van der Waals surface area contributed by atoms with Crippen LogP contribution in [0.15, 0.2) is 12.1 Å². The van der Waals surface area contributed by atoms with Crippen LogP contribution in [0.3, 0.4) is 0 Å². The Bertz CT molecular complexity index is 491. The second-order valence-corrected chi connectivity index (χ2v) is 5.65. The van der Waals surface area contributed by atoms with E-state index < -0.39 is 0 Å². The minimum absolute atomic E-state index is 0.0793. The van der Waals surface area contributed by atoms with E-state index in [0.717, 1.165) is 37.2 Å². The van der Waals surface area contributed by atoms with Gasteiger partial charge < -0.3 is 4.90 Å². The fourth-order valence-electron chi connectivity index (χ4n) is 2.76. The molecule has 1 atom stereocenters. The van der Waals surface area contributed by atoms with Gasteiger partial charge in [-0.1, -0.05) is 25.4 Å². The highest BCUT2D eigenvalue weighted by Gasteiger charge is 2.23. The van der Waals surface area contributed by atoms with Gasteiger partial charge in [-0.25, -0.2) is 0 Å². The molecule has 19 heavy (non-hydrogen) atoms. The number of hydrogen-bond donors (Lipinski definition) is 0. The molecule has 1 heterocycles. The Morgan fingerprint density at radius 1 is 1.53 bits per heavy atom. The molecule has 1 saturated heterocycles. The smallest absolute Gasteiger partial charge is 0.271 e. The van der Waals surface area contributed by atoms with Crippen LogP contribution in [0.5, 0.6) is 0 Å². The molecule has 2 rings (SSSR count). The third kappa shape index (κ3) is 3.00. The number of rotatable bonds is 3. The fraction of sp³-hybridized carbons (Fsp3) is 0.571. The van der Waals surface area contributed by atoms with Gasteiger partial charge >= 0.3 is 0 Å². The predicted octanol–water partition coefficient (Wildman–Crippen LogP) is 4.05. The molecule has 0 unspecified atom stereocenters. The van der Waals surface area contributed by atoms with Crippen LogP contribution in [0.2, 0.25) is 5.02 Å². The zero-order valence-corrected chi connectivity index (χ0v) is 12.1. The maximum absolute atomic E-state index is 10.9. The molecule has 104 valence electrons. The molecule has 0 saturated carbocycles. The number of piperidine rings is 1. The minimum atomic E-state index is -0.381. The second kappa shape index (κ2) is 5.78. The van der Waals surface area contributed by atoms with Gasteiger partial charge in [0.25, 0.3) is 5.69 Å². The Hall–Kier alpha value is -1.29. The van der Waals surface area contributed by atoms with E-state index in [-0.39, 0.29) is 10.6 Å². The van der Waals surface area contributed by atoms with Crippen molar-refractivity contribution < 1.29 is 4.92 Å². The highest BCUT2D eigenvalue weighted by Crippen LogP contribution is 2.36. The molecular formula is C14H19ClN2O2. The van der Waals surface area contributed by atoms with Gasteiger partial charge in [-0.2, -0.15) is 0 Å². The van der Waals surface area contributed by atoms with Crippen LogP contribution in [0, 0.1) is 16.0 Å². The highest BCUT2D eigenvalue weighted by atomic mass is 35.5. The van der Waals surface area contributed by atoms with E-state index in [2.05, 4.69) is 11.8 Å². The van der Waals surface area contributed by atoms with Gasteiger partial charge in [0.15, 0.2) is 0 Å². The van der Waals surface area contributed by atoms with Crippen molar-refractivity contribution in [3.8, 4) is 0 Å². The number of benzene rings is 1. The van der Waals surface area contributed by atoms with Crippen molar-refractivity contribution in [1.29, 1.82) is 0 Å². The lowest BCUT2D eigenvalue weighted by molar-refractivity contribution is -0.384. The molecule has 1 aromatic carbocycles. The van der Waals surface area contributed by atoms with Crippen molar-refractivity contribution in [2.75, 3.05) is 18.0 Å². The molecule has 0 spiro atoms. The monoisotopic (exact) mass is 282 g/mol. The first kappa shape index (κ1) is 14.1. The Labute approximate surface area is 118 Å². The van der Waals surface area contributed by atoms with Crippen molar-refractivity contribution >= 4 is 23.0 Å². The van der Waals surface area contributed by atoms with Crippen LogP contribution in [-0.2, 0) is 6.42 Å². The summed E-state index contributed by atoms with van der Waals surface area (Å²) >= 11 is 6.29. The molecule has 0 amide bonds. The number of nitro benzene ring substituents is 1. The van der Waals surface area contributed by atoms with E-state index in [1.807, 2.05) is 6.92 Å². The average Bonchev–Trinajstić information content (AvgIpc) is 2.37. The number of nitro groups is 1. The number of nitrogens with zero attached hydrogens (tertiary/aromatic N) is 2. The van der Waals surface area contributed by atoms with Crippen LogP contribution in [0.1, 0.15) is 32.3 Å². The summed E-state index contributed by atoms with van der Waals surface area (Å²) in [4.78, 5) is 12.8. The van der Waals surface area contributed by atoms with Gasteiger partial charge in [0, 0.05) is 25.2 Å². The third-order valence-corrected chi connectivity index (χ3v) is 3.98.